The number of aliphatic hydroxyl groups is 3. The SMILES string of the molecule is COc1cc(-c2ccc(C(O)(O)O)cn2)ccc1Cl. The van der Waals surface area contributed by atoms with Crippen LogP contribution >= 0.6 is 11.6 Å². The summed E-state index contributed by atoms with van der Waals surface area (Å²) in [5, 5.41) is 27.5. The molecule has 0 atom stereocenters. The summed E-state index contributed by atoms with van der Waals surface area (Å²) in [5.74, 6) is -2.37. The molecule has 0 saturated carbocycles. The van der Waals surface area contributed by atoms with Crippen LogP contribution in [0.3, 0.4) is 0 Å². The normalized spacial score (nSPS) is 11.4. The highest BCUT2D eigenvalue weighted by atomic mass is 35.5. The molecule has 0 aliphatic heterocycles. The Hall–Kier alpha value is -1.66. The number of halogens is 1. The Morgan fingerprint density at radius 2 is 1.89 bits per heavy atom. The molecule has 0 fully saturated rings. The van der Waals surface area contributed by atoms with Gasteiger partial charge in [-0.15, -0.1) is 0 Å². The minimum atomic E-state index is -2.89. The van der Waals surface area contributed by atoms with E-state index < -0.39 is 5.97 Å². The topological polar surface area (TPSA) is 82.8 Å². The Kier molecular flexibility index (Phi) is 3.73. The van der Waals surface area contributed by atoms with E-state index in [2.05, 4.69) is 4.98 Å². The molecule has 0 unspecified atom stereocenters. The van der Waals surface area contributed by atoms with E-state index in [1.165, 1.54) is 19.4 Å². The molecule has 0 bridgehead atoms. The smallest absolute Gasteiger partial charge is 0.305 e. The van der Waals surface area contributed by atoms with Crippen LogP contribution in [-0.4, -0.2) is 27.4 Å². The van der Waals surface area contributed by atoms with Crippen LogP contribution in [0.4, 0.5) is 0 Å². The van der Waals surface area contributed by atoms with Crippen molar-refractivity contribution in [2.75, 3.05) is 7.11 Å². The van der Waals surface area contributed by atoms with Crippen LogP contribution in [-0.2, 0) is 5.97 Å². The molecule has 0 amide bonds. The molecular weight excluding hydrogens is 270 g/mol. The molecule has 6 heteroatoms. The third-order valence-electron chi connectivity index (χ3n) is 2.60. The van der Waals surface area contributed by atoms with E-state index in [-0.39, 0.29) is 5.56 Å². The predicted octanol–water partition coefficient (Wildman–Crippen LogP) is 1.50. The minimum absolute atomic E-state index is 0.114. The first-order valence-corrected chi connectivity index (χ1v) is 5.77. The van der Waals surface area contributed by atoms with Crippen molar-refractivity contribution in [1.82, 2.24) is 4.98 Å². The van der Waals surface area contributed by atoms with Gasteiger partial charge in [0.05, 0.1) is 23.4 Å². The molecule has 0 aliphatic rings. The van der Waals surface area contributed by atoms with Crippen LogP contribution in [0.1, 0.15) is 5.56 Å². The summed E-state index contributed by atoms with van der Waals surface area (Å²) in [6.45, 7) is 0. The Bertz CT molecular complexity index is 578. The number of ether oxygens (including phenoxy) is 1. The molecule has 3 N–H and O–H groups in total. The van der Waals surface area contributed by atoms with Crippen molar-refractivity contribution >= 4 is 11.6 Å². The molecular formula is C13H12ClNO4. The maximum atomic E-state index is 9.00. The van der Waals surface area contributed by atoms with Crippen molar-refractivity contribution in [1.29, 1.82) is 0 Å². The highest BCUT2D eigenvalue weighted by molar-refractivity contribution is 6.32. The molecule has 1 heterocycles. The van der Waals surface area contributed by atoms with Gasteiger partial charge in [0, 0.05) is 11.8 Å². The van der Waals surface area contributed by atoms with E-state index in [1.807, 2.05) is 0 Å². The van der Waals surface area contributed by atoms with E-state index in [4.69, 9.17) is 31.7 Å². The standard InChI is InChI=1S/C13H12ClNO4/c1-19-12-6-8(2-4-10(12)14)11-5-3-9(7-15-11)13(16,17)18/h2-7,16-18H,1H3. The van der Waals surface area contributed by atoms with Crippen LogP contribution in [0, 0.1) is 0 Å². The third kappa shape index (κ3) is 3.02. The molecule has 1 aromatic carbocycles. The summed E-state index contributed by atoms with van der Waals surface area (Å²) in [7, 11) is 1.51. The Balaban J connectivity index is 2.37. The molecule has 19 heavy (non-hydrogen) atoms. The maximum Gasteiger partial charge on any atom is 0.305 e. The molecule has 0 aliphatic carbocycles. The number of nitrogens with zero attached hydrogens (tertiary/aromatic N) is 1. The Morgan fingerprint density at radius 1 is 1.16 bits per heavy atom. The predicted molar refractivity (Wildman–Crippen MR) is 69.6 cm³/mol. The van der Waals surface area contributed by atoms with Gasteiger partial charge in [0.25, 0.3) is 0 Å². The first-order chi connectivity index (χ1) is 8.91. The second kappa shape index (κ2) is 5.14. The lowest BCUT2D eigenvalue weighted by Gasteiger charge is -2.14. The van der Waals surface area contributed by atoms with Gasteiger partial charge in [-0.05, 0) is 24.3 Å². The molecule has 0 saturated heterocycles. The molecule has 1 aromatic heterocycles. The van der Waals surface area contributed by atoms with Crippen molar-refractivity contribution < 1.29 is 20.1 Å². The fourth-order valence-corrected chi connectivity index (χ4v) is 1.78. The fraction of sp³-hybridized carbons (Fsp3) is 0.154. The number of methoxy groups -OCH3 is 1. The highest BCUT2D eigenvalue weighted by Gasteiger charge is 2.21. The zero-order valence-electron chi connectivity index (χ0n) is 10.0. The summed E-state index contributed by atoms with van der Waals surface area (Å²) >= 11 is 5.92. The molecule has 5 nitrogen and oxygen atoms in total. The number of benzene rings is 1. The van der Waals surface area contributed by atoms with Crippen LogP contribution in [0.25, 0.3) is 11.3 Å². The largest absolute Gasteiger partial charge is 0.495 e. The first-order valence-electron chi connectivity index (χ1n) is 5.39. The van der Waals surface area contributed by atoms with E-state index in [9.17, 15) is 0 Å². The number of hydrogen-bond acceptors (Lipinski definition) is 5. The molecule has 2 aromatic rings. The van der Waals surface area contributed by atoms with Crippen LogP contribution in [0.2, 0.25) is 5.02 Å². The number of rotatable bonds is 3. The summed E-state index contributed by atoms with van der Waals surface area (Å²) in [6.07, 6.45) is 1.18. The second-order valence-corrected chi connectivity index (χ2v) is 4.32. The molecule has 0 spiro atoms. The van der Waals surface area contributed by atoms with Gasteiger partial charge in [-0.1, -0.05) is 17.7 Å². The van der Waals surface area contributed by atoms with Crippen molar-refractivity contribution in [3.63, 3.8) is 0 Å². The molecule has 0 radical (unpaired) electrons. The van der Waals surface area contributed by atoms with Crippen LogP contribution < -0.4 is 4.74 Å². The van der Waals surface area contributed by atoms with Crippen LogP contribution in [0.5, 0.6) is 5.75 Å². The molecule has 100 valence electrons. The minimum Gasteiger partial charge on any atom is -0.495 e. The van der Waals surface area contributed by atoms with Gasteiger partial charge in [-0.2, -0.15) is 0 Å². The number of aromatic nitrogens is 1. The summed E-state index contributed by atoms with van der Waals surface area (Å²) in [6, 6.07) is 8.07. The lowest BCUT2D eigenvalue weighted by Crippen LogP contribution is -2.23. The third-order valence-corrected chi connectivity index (χ3v) is 2.91. The fourth-order valence-electron chi connectivity index (χ4n) is 1.58. The van der Waals surface area contributed by atoms with Gasteiger partial charge in [-0.25, -0.2) is 0 Å². The number of pyridine rings is 1. The highest BCUT2D eigenvalue weighted by Crippen LogP contribution is 2.29. The second-order valence-electron chi connectivity index (χ2n) is 3.92. The van der Waals surface area contributed by atoms with E-state index in [1.54, 1.807) is 24.3 Å². The van der Waals surface area contributed by atoms with Crippen molar-refractivity contribution in [2.24, 2.45) is 0 Å². The average molecular weight is 282 g/mol. The average Bonchev–Trinajstić information content (AvgIpc) is 2.38. The Morgan fingerprint density at radius 3 is 2.42 bits per heavy atom. The zero-order valence-corrected chi connectivity index (χ0v) is 10.8. The van der Waals surface area contributed by atoms with Crippen LogP contribution in [0.15, 0.2) is 36.5 Å². The van der Waals surface area contributed by atoms with Gasteiger partial charge < -0.3 is 20.1 Å². The molecule has 2 rings (SSSR count). The van der Waals surface area contributed by atoms with E-state index in [0.717, 1.165) is 5.56 Å². The number of hydrogen-bond donors (Lipinski definition) is 3. The van der Waals surface area contributed by atoms with Gasteiger partial charge in [-0.3, -0.25) is 4.98 Å². The zero-order chi connectivity index (χ0) is 14.0. The summed E-state index contributed by atoms with van der Waals surface area (Å²) in [4.78, 5) is 4.04. The lowest BCUT2D eigenvalue weighted by molar-refractivity contribution is -0.324. The Labute approximate surface area is 114 Å². The quantitative estimate of drug-likeness (QED) is 0.743. The van der Waals surface area contributed by atoms with E-state index in [0.29, 0.717) is 16.5 Å². The summed E-state index contributed by atoms with van der Waals surface area (Å²) < 4.78 is 5.11. The lowest BCUT2D eigenvalue weighted by atomic mass is 10.1. The monoisotopic (exact) mass is 281 g/mol. The van der Waals surface area contributed by atoms with Gasteiger partial charge in [0.1, 0.15) is 5.75 Å². The first kappa shape index (κ1) is 13.8. The van der Waals surface area contributed by atoms with Gasteiger partial charge in [0.2, 0.25) is 0 Å². The van der Waals surface area contributed by atoms with Gasteiger partial charge in [0.15, 0.2) is 0 Å². The van der Waals surface area contributed by atoms with Crippen molar-refractivity contribution in [3.05, 3.63) is 47.1 Å². The van der Waals surface area contributed by atoms with Crippen molar-refractivity contribution in [2.45, 2.75) is 5.97 Å². The van der Waals surface area contributed by atoms with E-state index >= 15 is 0 Å². The van der Waals surface area contributed by atoms with Crippen molar-refractivity contribution in [3.8, 4) is 17.0 Å². The summed E-state index contributed by atoms with van der Waals surface area (Å²) in [5.41, 5.74) is 1.23. The maximum absolute atomic E-state index is 9.00. The van der Waals surface area contributed by atoms with Gasteiger partial charge >= 0.3 is 5.97 Å².